The smallest absolute Gasteiger partial charge is 0.373 e. The third-order valence-corrected chi connectivity index (χ3v) is 4.43. The van der Waals surface area contributed by atoms with Gasteiger partial charge < -0.3 is 9.52 Å². The second kappa shape index (κ2) is 4.70. The first-order valence-corrected chi connectivity index (χ1v) is 8.30. The number of oxazole rings is 1. The molecule has 1 aromatic carbocycles. The van der Waals surface area contributed by atoms with Gasteiger partial charge in [-0.2, -0.15) is 0 Å². The molecule has 1 heterocycles. The fourth-order valence-electron chi connectivity index (χ4n) is 2.10. The van der Waals surface area contributed by atoms with Gasteiger partial charge in [0.1, 0.15) is 0 Å². The highest BCUT2D eigenvalue weighted by molar-refractivity contribution is 7.90. The summed E-state index contributed by atoms with van der Waals surface area (Å²) in [5.41, 5.74) is 0.898. The Morgan fingerprint density at radius 2 is 2.10 bits per heavy atom. The number of hydrogen-bond donors (Lipinski definition) is 1. The van der Waals surface area contributed by atoms with Gasteiger partial charge >= 0.3 is 5.97 Å². The van der Waals surface area contributed by atoms with E-state index < -0.39 is 15.8 Å². The van der Waals surface area contributed by atoms with Crippen LogP contribution < -0.4 is 0 Å². The number of carbonyl (C=O) groups is 1. The summed E-state index contributed by atoms with van der Waals surface area (Å²) in [6, 6.07) is 6.13. The van der Waals surface area contributed by atoms with Crippen LogP contribution in [0, 0.1) is 0 Å². The molecule has 1 fully saturated rings. The molecule has 0 radical (unpaired) electrons. The molecule has 3 rings (SSSR count). The minimum Gasteiger partial charge on any atom is -0.475 e. The van der Waals surface area contributed by atoms with Crippen molar-refractivity contribution in [2.75, 3.05) is 6.26 Å². The van der Waals surface area contributed by atoms with E-state index in [-0.39, 0.29) is 22.5 Å². The average Bonchev–Trinajstić information content (AvgIpc) is 3.16. The lowest BCUT2D eigenvalue weighted by Gasteiger charge is -2.00. The van der Waals surface area contributed by atoms with Gasteiger partial charge in [-0.15, -0.1) is 0 Å². The molecular weight excluding hydrogens is 294 g/mol. The summed E-state index contributed by atoms with van der Waals surface area (Å²) in [6.45, 7) is 0. The summed E-state index contributed by atoms with van der Waals surface area (Å²) in [4.78, 5) is 15.6. The lowest BCUT2D eigenvalue weighted by Crippen LogP contribution is -1.98. The number of sulfone groups is 1. The van der Waals surface area contributed by atoms with Gasteiger partial charge in [-0.3, -0.25) is 0 Å². The summed E-state index contributed by atoms with van der Waals surface area (Å²) in [7, 11) is -3.34. The van der Waals surface area contributed by atoms with Gasteiger partial charge in [0.25, 0.3) is 0 Å². The van der Waals surface area contributed by atoms with Crippen LogP contribution in [0.4, 0.5) is 0 Å². The molecule has 1 aliphatic carbocycles. The predicted octanol–water partition coefficient (Wildman–Crippen LogP) is 2.32. The number of carboxylic acid groups (broad SMARTS) is 1. The number of aromatic carboxylic acids is 1. The van der Waals surface area contributed by atoms with E-state index in [1.54, 1.807) is 12.1 Å². The molecule has 0 spiro atoms. The van der Waals surface area contributed by atoms with E-state index in [9.17, 15) is 13.2 Å². The van der Waals surface area contributed by atoms with Crippen molar-refractivity contribution in [3.05, 3.63) is 35.7 Å². The Morgan fingerprint density at radius 3 is 2.67 bits per heavy atom. The zero-order valence-electron chi connectivity index (χ0n) is 11.2. The van der Waals surface area contributed by atoms with Crippen LogP contribution in [0.5, 0.6) is 0 Å². The number of rotatable bonds is 4. The van der Waals surface area contributed by atoms with Gasteiger partial charge in [0.05, 0.1) is 10.6 Å². The highest BCUT2D eigenvalue weighted by Gasteiger charge is 2.33. The lowest BCUT2D eigenvalue weighted by atomic mass is 10.2. The molecule has 110 valence electrons. The Kier molecular flexibility index (Phi) is 3.09. The molecule has 0 aliphatic heterocycles. The quantitative estimate of drug-likeness (QED) is 0.931. The summed E-state index contributed by atoms with van der Waals surface area (Å²) in [5, 5.41) is 9.16. The molecule has 0 bridgehead atoms. The first-order valence-electron chi connectivity index (χ1n) is 6.41. The van der Waals surface area contributed by atoms with Crippen LogP contribution >= 0.6 is 0 Å². The van der Waals surface area contributed by atoms with Gasteiger partial charge in [0.15, 0.2) is 9.84 Å². The van der Waals surface area contributed by atoms with Crippen molar-refractivity contribution >= 4 is 15.8 Å². The highest BCUT2D eigenvalue weighted by Crippen LogP contribution is 2.42. The Bertz CT molecular complexity index is 818. The number of hydrogen-bond acceptors (Lipinski definition) is 5. The van der Waals surface area contributed by atoms with Crippen LogP contribution in [0.3, 0.4) is 0 Å². The van der Waals surface area contributed by atoms with E-state index in [4.69, 9.17) is 9.52 Å². The summed E-state index contributed by atoms with van der Waals surface area (Å²) in [5.74, 6) is -1.04. The molecule has 21 heavy (non-hydrogen) atoms. The van der Waals surface area contributed by atoms with Crippen molar-refractivity contribution in [1.29, 1.82) is 0 Å². The Balaban J connectivity index is 2.09. The third-order valence-electron chi connectivity index (χ3n) is 3.32. The van der Waals surface area contributed by atoms with E-state index in [0.29, 0.717) is 11.3 Å². The highest BCUT2D eigenvalue weighted by atomic mass is 32.2. The summed E-state index contributed by atoms with van der Waals surface area (Å²) < 4.78 is 28.5. The Labute approximate surface area is 121 Å². The van der Waals surface area contributed by atoms with Gasteiger partial charge in [-0.1, -0.05) is 6.07 Å². The monoisotopic (exact) mass is 307 g/mol. The van der Waals surface area contributed by atoms with E-state index >= 15 is 0 Å². The van der Waals surface area contributed by atoms with E-state index in [2.05, 4.69) is 4.98 Å². The number of benzene rings is 1. The van der Waals surface area contributed by atoms with Gasteiger partial charge in [0, 0.05) is 17.7 Å². The van der Waals surface area contributed by atoms with Crippen molar-refractivity contribution in [3.8, 4) is 11.5 Å². The van der Waals surface area contributed by atoms with Crippen LogP contribution in [0.2, 0.25) is 0 Å². The second-order valence-corrected chi connectivity index (χ2v) is 7.13. The van der Waals surface area contributed by atoms with E-state index in [0.717, 1.165) is 19.1 Å². The minimum atomic E-state index is -3.34. The molecule has 0 saturated heterocycles. The van der Waals surface area contributed by atoms with Crippen molar-refractivity contribution in [2.45, 2.75) is 23.7 Å². The topological polar surface area (TPSA) is 97.5 Å². The van der Waals surface area contributed by atoms with E-state index in [1.807, 2.05) is 0 Å². The summed E-state index contributed by atoms with van der Waals surface area (Å²) in [6.07, 6.45) is 2.91. The largest absolute Gasteiger partial charge is 0.475 e. The van der Waals surface area contributed by atoms with Gasteiger partial charge in [-0.05, 0) is 31.0 Å². The molecule has 6 nitrogen and oxygen atoms in total. The third kappa shape index (κ3) is 2.69. The molecule has 1 saturated carbocycles. The summed E-state index contributed by atoms with van der Waals surface area (Å²) >= 11 is 0. The number of nitrogens with zero attached hydrogens (tertiary/aromatic N) is 1. The van der Waals surface area contributed by atoms with E-state index in [1.165, 1.54) is 12.1 Å². The van der Waals surface area contributed by atoms with Crippen LogP contribution in [0.1, 0.15) is 35.0 Å². The Morgan fingerprint density at radius 1 is 1.38 bits per heavy atom. The second-order valence-electron chi connectivity index (χ2n) is 5.11. The molecule has 0 atom stereocenters. The molecule has 0 amide bonds. The fraction of sp³-hybridized carbons (Fsp3) is 0.286. The van der Waals surface area contributed by atoms with Gasteiger partial charge in [0.2, 0.25) is 11.7 Å². The van der Waals surface area contributed by atoms with Crippen molar-refractivity contribution in [1.82, 2.24) is 4.98 Å². The molecule has 2 aromatic rings. The van der Waals surface area contributed by atoms with Crippen molar-refractivity contribution in [2.24, 2.45) is 0 Å². The first kappa shape index (κ1) is 13.8. The molecule has 1 N–H and O–H groups in total. The zero-order valence-corrected chi connectivity index (χ0v) is 12.1. The average molecular weight is 307 g/mol. The molecule has 1 aliphatic rings. The minimum absolute atomic E-state index is 0.131. The maximum Gasteiger partial charge on any atom is 0.373 e. The molecule has 0 unspecified atom stereocenters. The maximum absolute atomic E-state index is 11.6. The molecule has 1 aromatic heterocycles. The van der Waals surface area contributed by atoms with Crippen LogP contribution in [-0.4, -0.2) is 30.7 Å². The van der Waals surface area contributed by atoms with Crippen LogP contribution in [-0.2, 0) is 9.84 Å². The zero-order chi connectivity index (χ0) is 15.2. The normalized spacial score (nSPS) is 15.1. The SMILES string of the molecule is CS(=O)(=O)c1cccc(-c2nc(C3CC3)c(C(=O)O)o2)c1. The molecular formula is C14H13NO5S. The van der Waals surface area contributed by atoms with Crippen LogP contribution in [0.25, 0.3) is 11.5 Å². The predicted molar refractivity (Wildman–Crippen MR) is 74.0 cm³/mol. The van der Waals surface area contributed by atoms with Crippen molar-refractivity contribution < 1.29 is 22.7 Å². The van der Waals surface area contributed by atoms with Crippen molar-refractivity contribution in [3.63, 3.8) is 0 Å². The maximum atomic E-state index is 11.6. The molecule has 7 heteroatoms. The van der Waals surface area contributed by atoms with Crippen LogP contribution in [0.15, 0.2) is 33.6 Å². The first-order chi connectivity index (χ1) is 9.86. The standard InChI is InChI=1S/C14H13NO5S/c1-21(18,19)10-4-2-3-9(7-10)13-15-11(8-5-6-8)12(20-13)14(16)17/h2-4,7-8H,5-6H2,1H3,(H,16,17). The fourth-order valence-corrected chi connectivity index (χ4v) is 2.77. The number of aromatic nitrogens is 1. The lowest BCUT2D eigenvalue weighted by molar-refractivity contribution is 0.0661. The Hall–Kier alpha value is -2.15. The number of carboxylic acids is 1. The van der Waals surface area contributed by atoms with Gasteiger partial charge in [-0.25, -0.2) is 18.2 Å².